The summed E-state index contributed by atoms with van der Waals surface area (Å²) in [6, 6.07) is 4.83. The molecule has 1 aromatic rings. The minimum Gasteiger partial charge on any atom is -0.314 e. The molecule has 1 N–H and O–H groups in total. The summed E-state index contributed by atoms with van der Waals surface area (Å²) in [5.74, 6) is 0. The van der Waals surface area contributed by atoms with Crippen LogP contribution in [0.5, 0.6) is 0 Å². The minimum atomic E-state index is 0. The number of nitrogens with zero attached hydrogens (tertiary/aromatic N) is 2. The van der Waals surface area contributed by atoms with Crippen LogP contribution in [-0.4, -0.2) is 42.1 Å². The Kier molecular flexibility index (Phi) is 8.52. The van der Waals surface area contributed by atoms with Crippen LogP contribution in [-0.2, 0) is 6.42 Å². The largest absolute Gasteiger partial charge is 0.314 e. The normalized spacial score (nSPS) is 20.2. The van der Waals surface area contributed by atoms with Crippen LogP contribution < -0.4 is 5.32 Å². The van der Waals surface area contributed by atoms with E-state index in [2.05, 4.69) is 28.2 Å². The second kappa shape index (κ2) is 8.70. The highest BCUT2D eigenvalue weighted by molar-refractivity contribution is 5.85. The van der Waals surface area contributed by atoms with Gasteiger partial charge in [-0.25, -0.2) is 0 Å². The zero-order chi connectivity index (χ0) is 10.5. The standard InChI is InChI=1S/C12H19N3.2ClH/c1-11-9-14-6-8-15(11)7-4-12-3-2-5-13-10-12;;/h2-3,5,10-11,14H,4,6-9H2,1H3;2*1H/t11-;;/m1../s1. The summed E-state index contributed by atoms with van der Waals surface area (Å²) in [6.07, 6.45) is 4.90. The molecule has 1 fully saturated rings. The molecule has 0 radical (unpaired) electrons. The van der Waals surface area contributed by atoms with E-state index in [-0.39, 0.29) is 24.8 Å². The number of halogens is 2. The number of hydrogen-bond acceptors (Lipinski definition) is 3. The molecule has 0 unspecified atom stereocenters. The zero-order valence-electron chi connectivity index (χ0n) is 10.1. The first-order chi connectivity index (χ1) is 7.36. The molecule has 17 heavy (non-hydrogen) atoms. The third-order valence-corrected chi connectivity index (χ3v) is 3.05. The van der Waals surface area contributed by atoms with Crippen molar-refractivity contribution in [3.05, 3.63) is 30.1 Å². The maximum absolute atomic E-state index is 4.14. The lowest BCUT2D eigenvalue weighted by molar-refractivity contribution is 0.176. The van der Waals surface area contributed by atoms with E-state index in [4.69, 9.17) is 0 Å². The molecular formula is C12H21Cl2N3. The second-order valence-electron chi connectivity index (χ2n) is 4.20. The Morgan fingerprint density at radius 2 is 2.29 bits per heavy atom. The van der Waals surface area contributed by atoms with E-state index in [1.54, 1.807) is 0 Å². The van der Waals surface area contributed by atoms with Crippen LogP contribution in [0.15, 0.2) is 24.5 Å². The molecule has 0 amide bonds. The average Bonchev–Trinajstić information content (AvgIpc) is 2.29. The molecular weight excluding hydrogens is 257 g/mol. The Morgan fingerprint density at radius 1 is 1.47 bits per heavy atom. The Bertz CT molecular complexity index is 295. The fourth-order valence-corrected chi connectivity index (χ4v) is 2.03. The summed E-state index contributed by atoms with van der Waals surface area (Å²) in [5, 5.41) is 3.41. The van der Waals surface area contributed by atoms with Gasteiger partial charge in [-0.05, 0) is 25.0 Å². The third-order valence-electron chi connectivity index (χ3n) is 3.05. The minimum absolute atomic E-state index is 0. The molecule has 1 saturated heterocycles. The fraction of sp³-hybridized carbons (Fsp3) is 0.583. The summed E-state index contributed by atoms with van der Waals surface area (Å²) in [7, 11) is 0. The zero-order valence-corrected chi connectivity index (χ0v) is 11.8. The Hall–Kier alpha value is -0.350. The van der Waals surface area contributed by atoms with E-state index in [0.717, 1.165) is 26.1 Å². The second-order valence-corrected chi connectivity index (χ2v) is 4.20. The lowest BCUT2D eigenvalue weighted by Gasteiger charge is -2.33. The molecule has 1 aliphatic rings. The van der Waals surface area contributed by atoms with E-state index < -0.39 is 0 Å². The van der Waals surface area contributed by atoms with Gasteiger partial charge in [0.05, 0.1) is 0 Å². The predicted octanol–water partition coefficient (Wildman–Crippen LogP) is 1.76. The van der Waals surface area contributed by atoms with Crippen LogP contribution in [0.2, 0.25) is 0 Å². The number of rotatable bonds is 3. The maximum atomic E-state index is 4.14. The maximum Gasteiger partial charge on any atom is 0.0300 e. The SMILES string of the molecule is C[C@@H]1CNCCN1CCc1cccnc1.Cl.Cl. The quantitative estimate of drug-likeness (QED) is 0.913. The summed E-state index contributed by atoms with van der Waals surface area (Å²) in [4.78, 5) is 6.68. The number of hydrogen-bond donors (Lipinski definition) is 1. The van der Waals surface area contributed by atoms with Crippen molar-refractivity contribution in [1.29, 1.82) is 0 Å². The summed E-state index contributed by atoms with van der Waals surface area (Å²) >= 11 is 0. The predicted molar refractivity (Wildman–Crippen MR) is 76.3 cm³/mol. The van der Waals surface area contributed by atoms with Gasteiger partial charge in [0, 0.05) is 44.6 Å². The van der Waals surface area contributed by atoms with Gasteiger partial charge in [-0.3, -0.25) is 9.88 Å². The molecule has 2 rings (SSSR count). The highest BCUT2D eigenvalue weighted by atomic mass is 35.5. The van der Waals surface area contributed by atoms with Gasteiger partial charge in [0.15, 0.2) is 0 Å². The van der Waals surface area contributed by atoms with Crippen molar-refractivity contribution in [2.45, 2.75) is 19.4 Å². The number of nitrogens with one attached hydrogen (secondary N) is 1. The molecule has 98 valence electrons. The Balaban J connectivity index is 0.00000128. The van der Waals surface area contributed by atoms with Crippen LogP contribution in [0.3, 0.4) is 0 Å². The number of piperazine rings is 1. The van der Waals surface area contributed by atoms with Gasteiger partial charge in [-0.2, -0.15) is 0 Å². The lowest BCUT2D eigenvalue weighted by atomic mass is 10.1. The first-order valence-electron chi connectivity index (χ1n) is 5.70. The molecule has 0 aliphatic carbocycles. The van der Waals surface area contributed by atoms with E-state index in [9.17, 15) is 0 Å². The van der Waals surface area contributed by atoms with Crippen LogP contribution in [0.4, 0.5) is 0 Å². The number of pyridine rings is 1. The monoisotopic (exact) mass is 277 g/mol. The first kappa shape index (κ1) is 16.6. The smallest absolute Gasteiger partial charge is 0.0300 e. The van der Waals surface area contributed by atoms with E-state index in [0.29, 0.717) is 6.04 Å². The summed E-state index contributed by atoms with van der Waals surface area (Å²) in [5.41, 5.74) is 1.34. The molecule has 0 saturated carbocycles. The molecule has 5 heteroatoms. The van der Waals surface area contributed by atoms with E-state index in [1.165, 1.54) is 12.1 Å². The van der Waals surface area contributed by atoms with Gasteiger partial charge < -0.3 is 5.32 Å². The molecule has 0 bridgehead atoms. The van der Waals surface area contributed by atoms with Crippen molar-refractivity contribution >= 4 is 24.8 Å². The first-order valence-corrected chi connectivity index (χ1v) is 5.70. The van der Waals surface area contributed by atoms with Gasteiger partial charge >= 0.3 is 0 Å². The van der Waals surface area contributed by atoms with Gasteiger partial charge in [-0.1, -0.05) is 6.07 Å². The Morgan fingerprint density at radius 3 is 2.94 bits per heavy atom. The number of aromatic nitrogens is 1. The molecule has 1 aliphatic heterocycles. The fourth-order valence-electron chi connectivity index (χ4n) is 2.03. The van der Waals surface area contributed by atoms with Crippen molar-refractivity contribution in [2.24, 2.45) is 0 Å². The summed E-state index contributed by atoms with van der Waals surface area (Å²) < 4.78 is 0. The van der Waals surface area contributed by atoms with Gasteiger partial charge in [-0.15, -0.1) is 24.8 Å². The van der Waals surface area contributed by atoms with Crippen LogP contribution in [0, 0.1) is 0 Å². The van der Waals surface area contributed by atoms with E-state index in [1.807, 2.05) is 18.5 Å². The Labute approximate surface area is 116 Å². The molecule has 1 atom stereocenters. The van der Waals surface area contributed by atoms with Crippen molar-refractivity contribution in [3.63, 3.8) is 0 Å². The van der Waals surface area contributed by atoms with Crippen molar-refractivity contribution < 1.29 is 0 Å². The van der Waals surface area contributed by atoms with E-state index >= 15 is 0 Å². The highest BCUT2D eigenvalue weighted by Gasteiger charge is 2.16. The van der Waals surface area contributed by atoms with Crippen LogP contribution in [0.1, 0.15) is 12.5 Å². The molecule has 1 aromatic heterocycles. The summed E-state index contributed by atoms with van der Waals surface area (Å²) in [6.45, 7) is 6.84. The van der Waals surface area contributed by atoms with Gasteiger partial charge in [0.1, 0.15) is 0 Å². The average molecular weight is 278 g/mol. The highest BCUT2D eigenvalue weighted by Crippen LogP contribution is 2.05. The van der Waals surface area contributed by atoms with Crippen LogP contribution in [0.25, 0.3) is 0 Å². The van der Waals surface area contributed by atoms with Gasteiger partial charge in [0.2, 0.25) is 0 Å². The molecule has 0 spiro atoms. The van der Waals surface area contributed by atoms with Crippen molar-refractivity contribution in [3.8, 4) is 0 Å². The van der Waals surface area contributed by atoms with Crippen molar-refractivity contribution in [1.82, 2.24) is 15.2 Å². The molecule has 3 nitrogen and oxygen atoms in total. The lowest BCUT2D eigenvalue weighted by Crippen LogP contribution is -2.50. The topological polar surface area (TPSA) is 28.2 Å². The van der Waals surface area contributed by atoms with Crippen LogP contribution >= 0.6 is 24.8 Å². The molecule has 2 heterocycles. The molecule has 0 aromatic carbocycles. The van der Waals surface area contributed by atoms with Gasteiger partial charge in [0.25, 0.3) is 0 Å². The third kappa shape index (κ3) is 5.21. The van der Waals surface area contributed by atoms with Crippen molar-refractivity contribution in [2.75, 3.05) is 26.2 Å².